The number of aryl methyl sites for hydroxylation is 2. The van der Waals surface area contributed by atoms with E-state index in [4.69, 9.17) is 5.84 Å². The predicted octanol–water partition coefficient (Wildman–Crippen LogP) is 1.62. The van der Waals surface area contributed by atoms with E-state index in [1.54, 1.807) is 0 Å². The summed E-state index contributed by atoms with van der Waals surface area (Å²) in [7, 11) is 6.41. The Morgan fingerprint density at radius 2 is 2.05 bits per heavy atom. The lowest BCUT2D eigenvalue weighted by atomic mass is 9.74. The number of hydrazine groups is 1. The van der Waals surface area contributed by atoms with Gasteiger partial charge in [-0.25, -0.2) is 0 Å². The summed E-state index contributed by atoms with van der Waals surface area (Å²) in [5.41, 5.74) is 5.69. The molecule has 1 unspecified atom stereocenters. The Bertz CT molecular complexity index is 446. The van der Waals surface area contributed by atoms with Gasteiger partial charge < -0.3 is 4.90 Å². The van der Waals surface area contributed by atoms with Crippen LogP contribution in [0.3, 0.4) is 0 Å². The van der Waals surface area contributed by atoms with Gasteiger partial charge in [0.15, 0.2) is 0 Å². The Balaban J connectivity index is 2.22. The van der Waals surface area contributed by atoms with Gasteiger partial charge in [-0.1, -0.05) is 26.2 Å². The molecule has 0 amide bonds. The molecule has 5 nitrogen and oxygen atoms in total. The van der Waals surface area contributed by atoms with Gasteiger partial charge in [-0.2, -0.15) is 5.10 Å². The summed E-state index contributed by atoms with van der Waals surface area (Å²) >= 11 is 0. The molecule has 3 N–H and O–H groups in total. The van der Waals surface area contributed by atoms with E-state index in [0.29, 0.717) is 0 Å². The molecule has 0 radical (unpaired) electrons. The number of nitrogens with two attached hydrogens (primary N) is 1. The molecule has 5 heteroatoms. The normalized spacial score (nSPS) is 19.9. The van der Waals surface area contributed by atoms with Gasteiger partial charge in [0.25, 0.3) is 0 Å². The highest BCUT2D eigenvalue weighted by Gasteiger charge is 2.41. The summed E-state index contributed by atoms with van der Waals surface area (Å²) in [6, 6.07) is 2.48. The van der Waals surface area contributed by atoms with Crippen LogP contribution in [0.2, 0.25) is 0 Å². The van der Waals surface area contributed by atoms with Gasteiger partial charge in [-0.05, 0) is 39.4 Å². The number of nitrogens with zero attached hydrogens (tertiary/aromatic N) is 3. The van der Waals surface area contributed by atoms with Crippen LogP contribution in [-0.2, 0) is 19.9 Å². The van der Waals surface area contributed by atoms with Crippen LogP contribution in [0, 0.1) is 0 Å². The first-order valence-corrected chi connectivity index (χ1v) is 8.19. The van der Waals surface area contributed by atoms with Gasteiger partial charge in [-0.3, -0.25) is 16.0 Å². The molecule has 0 aliphatic heterocycles. The van der Waals surface area contributed by atoms with Crippen molar-refractivity contribution in [3.8, 4) is 0 Å². The molecule has 0 spiro atoms. The van der Waals surface area contributed by atoms with Crippen LogP contribution >= 0.6 is 0 Å². The van der Waals surface area contributed by atoms with Gasteiger partial charge in [-0.15, -0.1) is 0 Å². The average molecular weight is 293 g/mol. The van der Waals surface area contributed by atoms with Crippen LogP contribution in [0.15, 0.2) is 6.07 Å². The first-order chi connectivity index (χ1) is 10.0. The van der Waals surface area contributed by atoms with E-state index in [-0.39, 0.29) is 11.6 Å². The number of nitrogens with one attached hydrogen (secondary N) is 1. The molecule has 21 heavy (non-hydrogen) atoms. The van der Waals surface area contributed by atoms with Gasteiger partial charge in [0.1, 0.15) is 0 Å². The monoisotopic (exact) mass is 293 g/mol. The van der Waals surface area contributed by atoms with E-state index >= 15 is 0 Å². The molecule has 1 aliphatic rings. The molecule has 0 aromatic carbocycles. The second kappa shape index (κ2) is 6.90. The van der Waals surface area contributed by atoms with Crippen molar-refractivity contribution in [3.05, 3.63) is 17.5 Å². The first-order valence-electron chi connectivity index (χ1n) is 8.19. The van der Waals surface area contributed by atoms with Gasteiger partial charge >= 0.3 is 0 Å². The quantitative estimate of drug-likeness (QED) is 0.618. The summed E-state index contributed by atoms with van der Waals surface area (Å²) in [4.78, 5) is 2.38. The Labute approximate surface area is 128 Å². The fourth-order valence-corrected chi connectivity index (χ4v) is 3.82. The highest BCUT2D eigenvalue weighted by molar-refractivity contribution is 5.14. The number of likely N-dealkylation sites (N-methyl/N-ethyl adjacent to an activating group) is 1. The zero-order valence-electron chi connectivity index (χ0n) is 14.0. The van der Waals surface area contributed by atoms with Gasteiger partial charge in [0.2, 0.25) is 0 Å². The second-order valence-corrected chi connectivity index (χ2v) is 6.59. The van der Waals surface area contributed by atoms with E-state index in [1.807, 2.05) is 11.7 Å². The fourth-order valence-electron chi connectivity index (χ4n) is 3.82. The molecule has 1 aliphatic carbocycles. The molecular weight excluding hydrogens is 262 g/mol. The fraction of sp³-hybridized carbons (Fsp3) is 0.812. The molecule has 1 aromatic heterocycles. The zero-order valence-corrected chi connectivity index (χ0v) is 14.0. The van der Waals surface area contributed by atoms with Crippen LogP contribution < -0.4 is 11.3 Å². The number of aromatic nitrogens is 2. The van der Waals surface area contributed by atoms with Crippen molar-refractivity contribution in [2.45, 2.75) is 63.5 Å². The van der Waals surface area contributed by atoms with Crippen molar-refractivity contribution in [2.75, 3.05) is 14.1 Å². The molecule has 1 heterocycles. The molecule has 0 saturated heterocycles. The summed E-state index contributed by atoms with van der Waals surface area (Å²) in [6.07, 6.45) is 8.27. The van der Waals surface area contributed by atoms with Crippen molar-refractivity contribution in [1.82, 2.24) is 20.1 Å². The molecule has 1 saturated carbocycles. The van der Waals surface area contributed by atoms with Crippen LogP contribution in [0.1, 0.15) is 50.4 Å². The summed E-state index contributed by atoms with van der Waals surface area (Å²) in [5, 5.41) is 4.56. The summed E-state index contributed by atoms with van der Waals surface area (Å²) in [5.74, 6) is 5.96. The van der Waals surface area contributed by atoms with E-state index in [9.17, 15) is 0 Å². The molecule has 0 bridgehead atoms. The highest BCUT2D eigenvalue weighted by Crippen LogP contribution is 2.36. The third-order valence-electron chi connectivity index (χ3n) is 5.26. The largest absolute Gasteiger partial charge is 0.302 e. The van der Waals surface area contributed by atoms with Crippen molar-refractivity contribution in [1.29, 1.82) is 0 Å². The van der Waals surface area contributed by atoms with Gasteiger partial charge in [0.05, 0.1) is 5.69 Å². The Morgan fingerprint density at radius 1 is 1.38 bits per heavy atom. The SMILES string of the molecule is CCc1cc(CC(NN)C2(N(C)C)CCCCC2)n(C)n1. The maximum Gasteiger partial charge on any atom is 0.0624 e. The standard InChI is InChI=1S/C16H31N5/c1-5-13-11-14(21(4)19-13)12-15(18-17)16(20(2)3)9-7-6-8-10-16/h11,15,18H,5-10,12,17H2,1-4H3. The molecule has 1 aromatic rings. The minimum absolute atomic E-state index is 0.156. The minimum atomic E-state index is 0.156. The van der Waals surface area contributed by atoms with E-state index in [1.165, 1.54) is 37.8 Å². The third kappa shape index (κ3) is 3.30. The van der Waals surface area contributed by atoms with Crippen LogP contribution in [-0.4, -0.2) is 40.4 Å². The predicted molar refractivity (Wildman–Crippen MR) is 86.9 cm³/mol. The zero-order chi connectivity index (χ0) is 15.5. The van der Waals surface area contributed by atoms with Gasteiger partial charge in [0, 0.05) is 30.7 Å². The summed E-state index contributed by atoms with van der Waals surface area (Å²) < 4.78 is 2.01. The number of hydrogen-bond acceptors (Lipinski definition) is 4. The Kier molecular flexibility index (Phi) is 5.41. The van der Waals surface area contributed by atoms with E-state index in [0.717, 1.165) is 18.5 Å². The topological polar surface area (TPSA) is 59.1 Å². The van der Waals surface area contributed by atoms with Crippen molar-refractivity contribution >= 4 is 0 Å². The van der Waals surface area contributed by atoms with Crippen molar-refractivity contribution < 1.29 is 0 Å². The van der Waals surface area contributed by atoms with Crippen molar-refractivity contribution in [3.63, 3.8) is 0 Å². The second-order valence-electron chi connectivity index (χ2n) is 6.59. The van der Waals surface area contributed by atoms with Crippen LogP contribution in [0.25, 0.3) is 0 Å². The van der Waals surface area contributed by atoms with Crippen LogP contribution in [0.5, 0.6) is 0 Å². The lowest BCUT2D eigenvalue weighted by molar-refractivity contribution is 0.0562. The maximum absolute atomic E-state index is 5.96. The molecule has 120 valence electrons. The van der Waals surface area contributed by atoms with E-state index < -0.39 is 0 Å². The third-order valence-corrected chi connectivity index (χ3v) is 5.26. The molecule has 2 rings (SSSR count). The Hall–Kier alpha value is -0.910. The van der Waals surface area contributed by atoms with Crippen molar-refractivity contribution in [2.24, 2.45) is 12.9 Å². The first kappa shape index (κ1) is 16.5. The smallest absolute Gasteiger partial charge is 0.0624 e. The molecule has 1 atom stereocenters. The minimum Gasteiger partial charge on any atom is -0.302 e. The number of hydrogen-bond donors (Lipinski definition) is 2. The Morgan fingerprint density at radius 3 is 2.52 bits per heavy atom. The average Bonchev–Trinajstić information content (AvgIpc) is 2.85. The van der Waals surface area contributed by atoms with E-state index in [2.05, 4.69) is 42.5 Å². The molecular formula is C16H31N5. The lowest BCUT2D eigenvalue weighted by Gasteiger charge is -2.48. The molecule has 1 fully saturated rings. The number of rotatable bonds is 6. The maximum atomic E-state index is 5.96. The summed E-state index contributed by atoms with van der Waals surface area (Å²) in [6.45, 7) is 2.15. The lowest BCUT2D eigenvalue weighted by Crippen LogP contribution is -2.62. The highest BCUT2D eigenvalue weighted by atomic mass is 15.3. The van der Waals surface area contributed by atoms with Crippen LogP contribution in [0.4, 0.5) is 0 Å².